The molecule has 5 rings (SSSR count). The maximum atomic E-state index is 3.69. The Morgan fingerprint density at radius 2 is 1.87 bits per heavy atom. The fraction of sp³-hybridized carbons (Fsp3) is 0.273. The minimum absolute atomic E-state index is 0.0782. The van der Waals surface area contributed by atoms with Crippen molar-refractivity contribution in [3.63, 3.8) is 0 Å². The number of aromatic nitrogens is 1. The molecule has 0 amide bonds. The Kier molecular flexibility index (Phi) is 2.39. The number of H-pyrrole nitrogens is 1. The van der Waals surface area contributed by atoms with Gasteiger partial charge in [0.05, 0.1) is 0 Å². The van der Waals surface area contributed by atoms with Crippen LogP contribution in [0.15, 0.2) is 42.5 Å². The zero-order chi connectivity index (χ0) is 15.8. The average molecular weight is 299 g/mol. The summed E-state index contributed by atoms with van der Waals surface area (Å²) in [6, 6.07) is 13.7. The molecule has 114 valence electrons. The van der Waals surface area contributed by atoms with Crippen LogP contribution in [0, 0.1) is 5.92 Å². The zero-order valence-corrected chi connectivity index (χ0v) is 13.9. The molecule has 3 aromatic rings. The number of fused-ring (bicyclic) bond motifs is 6. The molecule has 0 aliphatic heterocycles. The van der Waals surface area contributed by atoms with Crippen molar-refractivity contribution in [2.75, 3.05) is 0 Å². The standard InChI is InChI=1S/C22H21N/c1-13-8-9-15-17-11-16-14-6-4-5-7-18(14)22(2,3)19(16)12-21(17)23-20(15)10-13/h4-9,11-13,23H,10H2,1-3H3. The summed E-state index contributed by atoms with van der Waals surface area (Å²) in [5.74, 6) is 0.625. The topological polar surface area (TPSA) is 15.8 Å². The van der Waals surface area contributed by atoms with Gasteiger partial charge in [-0.15, -0.1) is 0 Å². The first-order valence-electron chi connectivity index (χ1n) is 8.53. The van der Waals surface area contributed by atoms with Crippen LogP contribution in [0.3, 0.4) is 0 Å². The molecule has 23 heavy (non-hydrogen) atoms. The van der Waals surface area contributed by atoms with E-state index >= 15 is 0 Å². The Labute approximate surface area is 137 Å². The molecule has 0 radical (unpaired) electrons. The first-order chi connectivity index (χ1) is 11.1. The fourth-order valence-electron chi connectivity index (χ4n) is 4.47. The van der Waals surface area contributed by atoms with Gasteiger partial charge in [-0.25, -0.2) is 0 Å². The summed E-state index contributed by atoms with van der Waals surface area (Å²) >= 11 is 0. The molecule has 2 aromatic carbocycles. The second-order valence-corrected chi connectivity index (χ2v) is 7.67. The van der Waals surface area contributed by atoms with Gasteiger partial charge in [0.2, 0.25) is 0 Å². The van der Waals surface area contributed by atoms with E-state index in [1.165, 1.54) is 44.4 Å². The van der Waals surface area contributed by atoms with E-state index < -0.39 is 0 Å². The van der Waals surface area contributed by atoms with Crippen molar-refractivity contribution in [1.82, 2.24) is 4.98 Å². The van der Waals surface area contributed by atoms with Gasteiger partial charge in [-0.3, -0.25) is 0 Å². The lowest BCUT2D eigenvalue weighted by Gasteiger charge is -2.21. The minimum Gasteiger partial charge on any atom is -0.358 e. The van der Waals surface area contributed by atoms with Gasteiger partial charge in [-0.2, -0.15) is 0 Å². The number of hydrogen-bond donors (Lipinski definition) is 1. The lowest BCUT2D eigenvalue weighted by Crippen LogP contribution is -2.14. The van der Waals surface area contributed by atoms with E-state index in [2.05, 4.69) is 74.3 Å². The Morgan fingerprint density at radius 3 is 2.74 bits per heavy atom. The summed E-state index contributed by atoms with van der Waals surface area (Å²) in [6.45, 7) is 6.97. The van der Waals surface area contributed by atoms with Gasteiger partial charge in [-0.1, -0.05) is 57.2 Å². The van der Waals surface area contributed by atoms with Crippen LogP contribution in [0.1, 0.15) is 43.2 Å². The molecule has 0 saturated heterocycles. The molecule has 1 N–H and O–H groups in total. The number of hydrogen-bond acceptors (Lipinski definition) is 0. The monoisotopic (exact) mass is 299 g/mol. The van der Waals surface area contributed by atoms with Crippen LogP contribution < -0.4 is 0 Å². The molecule has 0 saturated carbocycles. The summed E-state index contributed by atoms with van der Waals surface area (Å²) in [4.78, 5) is 3.69. The SMILES string of the molecule is CC1C=Cc2c([nH]c3cc4c(cc23)-c2ccccc2C4(C)C)C1. The van der Waals surface area contributed by atoms with Crippen LogP contribution in [-0.2, 0) is 11.8 Å². The normalized spacial score (nSPS) is 20.4. The van der Waals surface area contributed by atoms with Crippen LogP contribution in [0.25, 0.3) is 28.1 Å². The van der Waals surface area contributed by atoms with Gasteiger partial charge >= 0.3 is 0 Å². The summed E-state index contributed by atoms with van der Waals surface area (Å²) in [7, 11) is 0. The molecular formula is C22H21N. The summed E-state index contributed by atoms with van der Waals surface area (Å²) in [5.41, 5.74) is 9.85. The van der Waals surface area contributed by atoms with Crippen molar-refractivity contribution < 1.29 is 0 Å². The van der Waals surface area contributed by atoms with Gasteiger partial charge in [0, 0.05) is 27.6 Å². The molecule has 1 nitrogen and oxygen atoms in total. The number of rotatable bonds is 0. The fourth-order valence-corrected chi connectivity index (χ4v) is 4.47. The molecule has 2 aliphatic rings. The largest absolute Gasteiger partial charge is 0.358 e. The number of nitrogens with one attached hydrogen (secondary N) is 1. The third-order valence-electron chi connectivity index (χ3n) is 5.74. The molecule has 0 spiro atoms. The maximum Gasteiger partial charge on any atom is 0.0465 e. The number of allylic oxidation sites excluding steroid dienone is 1. The van der Waals surface area contributed by atoms with Crippen molar-refractivity contribution in [3.8, 4) is 11.1 Å². The molecule has 1 atom stereocenters. The van der Waals surface area contributed by atoms with Crippen molar-refractivity contribution in [2.45, 2.75) is 32.6 Å². The van der Waals surface area contributed by atoms with E-state index in [4.69, 9.17) is 0 Å². The van der Waals surface area contributed by atoms with E-state index in [1.54, 1.807) is 0 Å². The second-order valence-electron chi connectivity index (χ2n) is 7.67. The van der Waals surface area contributed by atoms with Crippen LogP contribution in [0.5, 0.6) is 0 Å². The third kappa shape index (κ3) is 1.63. The molecular weight excluding hydrogens is 278 g/mol. The Bertz CT molecular complexity index is 985. The van der Waals surface area contributed by atoms with Crippen molar-refractivity contribution in [3.05, 3.63) is 64.9 Å². The molecule has 1 unspecified atom stereocenters. The lowest BCUT2D eigenvalue weighted by molar-refractivity contribution is 0.661. The zero-order valence-electron chi connectivity index (χ0n) is 13.9. The highest BCUT2D eigenvalue weighted by Gasteiger charge is 2.35. The second kappa shape index (κ2) is 4.17. The molecule has 0 fully saturated rings. The van der Waals surface area contributed by atoms with Crippen molar-refractivity contribution >= 4 is 17.0 Å². The molecule has 1 heteroatoms. The highest BCUT2D eigenvalue weighted by molar-refractivity contribution is 5.97. The Balaban J connectivity index is 1.85. The summed E-state index contributed by atoms with van der Waals surface area (Å²) < 4.78 is 0. The smallest absolute Gasteiger partial charge is 0.0465 e. The minimum atomic E-state index is 0.0782. The van der Waals surface area contributed by atoms with Crippen LogP contribution in [0.4, 0.5) is 0 Å². The first-order valence-corrected chi connectivity index (χ1v) is 8.53. The lowest BCUT2D eigenvalue weighted by atomic mass is 9.82. The van der Waals surface area contributed by atoms with Crippen LogP contribution in [0.2, 0.25) is 0 Å². The van der Waals surface area contributed by atoms with Gasteiger partial charge in [0.15, 0.2) is 0 Å². The summed E-state index contributed by atoms with van der Waals surface area (Å²) in [6.07, 6.45) is 5.76. The predicted molar refractivity (Wildman–Crippen MR) is 97.8 cm³/mol. The summed E-state index contributed by atoms with van der Waals surface area (Å²) in [5, 5.41) is 1.37. The van der Waals surface area contributed by atoms with Crippen molar-refractivity contribution in [1.29, 1.82) is 0 Å². The third-order valence-corrected chi connectivity index (χ3v) is 5.74. The van der Waals surface area contributed by atoms with Crippen molar-refractivity contribution in [2.24, 2.45) is 5.92 Å². The van der Waals surface area contributed by atoms with Gasteiger partial charge in [-0.05, 0) is 46.7 Å². The van der Waals surface area contributed by atoms with E-state index in [9.17, 15) is 0 Å². The predicted octanol–water partition coefficient (Wildman–Crippen LogP) is 5.68. The molecule has 1 aromatic heterocycles. The molecule has 2 aliphatic carbocycles. The number of benzene rings is 2. The van der Waals surface area contributed by atoms with E-state index in [0.717, 1.165) is 6.42 Å². The van der Waals surface area contributed by atoms with E-state index in [0.29, 0.717) is 5.92 Å². The van der Waals surface area contributed by atoms with Crippen LogP contribution >= 0.6 is 0 Å². The van der Waals surface area contributed by atoms with E-state index in [-0.39, 0.29) is 5.41 Å². The first kappa shape index (κ1) is 13.2. The van der Waals surface area contributed by atoms with Gasteiger partial charge in [0.25, 0.3) is 0 Å². The Hall–Kier alpha value is -2.28. The molecule has 0 bridgehead atoms. The Morgan fingerprint density at radius 1 is 1.04 bits per heavy atom. The van der Waals surface area contributed by atoms with E-state index in [1.807, 2.05) is 0 Å². The molecule has 1 heterocycles. The van der Waals surface area contributed by atoms with Gasteiger partial charge in [0.1, 0.15) is 0 Å². The average Bonchev–Trinajstić information content (AvgIpc) is 2.99. The highest BCUT2D eigenvalue weighted by Crippen LogP contribution is 2.50. The quantitative estimate of drug-likeness (QED) is 0.549. The number of aromatic amines is 1. The van der Waals surface area contributed by atoms with Crippen LogP contribution in [-0.4, -0.2) is 4.98 Å². The highest BCUT2D eigenvalue weighted by atomic mass is 14.7. The van der Waals surface area contributed by atoms with Gasteiger partial charge < -0.3 is 4.98 Å². The maximum absolute atomic E-state index is 3.69.